The Kier molecular flexibility index (Phi) is 5.08. The maximum Gasteiger partial charge on any atom is 0.267 e. The third-order valence-electron chi connectivity index (χ3n) is 6.82. The van der Waals surface area contributed by atoms with Crippen molar-refractivity contribution in [3.05, 3.63) is 52.6 Å². The molecule has 3 fully saturated rings. The lowest BCUT2D eigenvalue weighted by atomic mass is 9.76. The molecule has 2 aromatic rings. The van der Waals surface area contributed by atoms with Crippen LogP contribution in [0.3, 0.4) is 0 Å². The van der Waals surface area contributed by atoms with Crippen LogP contribution in [0.5, 0.6) is 0 Å². The third kappa shape index (κ3) is 3.86. The van der Waals surface area contributed by atoms with E-state index in [4.69, 9.17) is 0 Å². The van der Waals surface area contributed by atoms with Crippen LogP contribution in [0.2, 0.25) is 0 Å². The van der Waals surface area contributed by atoms with Gasteiger partial charge in [-0.25, -0.2) is 9.07 Å². The summed E-state index contributed by atoms with van der Waals surface area (Å²) in [4.78, 5) is 41.6. The zero-order valence-electron chi connectivity index (χ0n) is 17.2. The minimum absolute atomic E-state index is 0.124. The first kappa shape index (κ1) is 19.9. The van der Waals surface area contributed by atoms with Gasteiger partial charge in [-0.2, -0.15) is 5.10 Å². The lowest BCUT2D eigenvalue weighted by Crippen LogP contribution is -2.61. The van der Waals surface area contributed by atoms with E-state index in [1.54, 1.807) is 18.2 Å². The Morgan fingerprint density at radius 2 is 1.87 bits per heavy atom. The summed E-state index contributed by atoms with van der Waals surface area (Å²) in [6.07, 6.45) is 3.62. The van der Waals surface area contributed by atoms with E-state index < -0.39 is 0 Å². The van der Waals surface area contributed by atoms with Crippen molar-refractivity contribution in [1.82, 2.24) is 19.6 Å². The van der Waals surface area contributed by atoms with E-state index in [1.807, 2.05) is 9.80 Å². The number of piperidine rings is 3. The van der Waals surface area contributed by atoms with E-state index in [0.717, 1.165) is 25.8 Å². The number of aromatic nitrogens is 2. The molecule has 0 saturated carbocycles. The minimum Gasteiger partial charge on any atom is -0.340 e. The fraction of sp³-hybridized carbons (Fsp3) is 0.478. The second-order valence-electron chi connectivity index (χ2n) is 8.89. The van der Waals surface area contributed by atoms with Gasteiger partial charge in [-0.15, -0.1) is 0 Å². The highest BCUT2D eigenvalue weighted by atomic mass is 19.1. The van der Waals surface area contributed by atoms with Gasteiger partial charge < -0.3 is 9.80 Å². The Morgan fingerprint density at radius 3 is 2.68 bits per heavy atom. The smallest absolute Gasteiger partial charge is 0.267 e. The second kappa shape index (κ2) is 7.90. The summed E-state index contributed by atoms with van der Waals surface area (Å²) in [5, 5.41) is 4.34. The van der Waals surface area contributed by atoms with E-state index in [0.29, 0.717) is 36.7 Å². The minimum atomic E-state index is -0.347. The molecule has 7 nitrogen and oxygen atoms in total. The zero-order chi connectivity index (χ0) is 21.5. The number of amides is 2. The molecule has 2 amide bonds. The summed E-state index contributed by atoms with van der Waals surface area (Å²) in [6.45, 7) is 1.83. The molecule has 1 aromatic heterocycles. The summed E-state index contributed by atoms with van der Waals surface area (Å²) >= 11 is 0. The van der Waals surface area contributed by atoms with Gasteiger partial charge in [-0.3, -0.25) is 14.4 Å². The number of carbonyl (C=O) groups is 2. The normalized spacial score (nSPS) is 25.3. The monoisotopic (exact) mass is 424 g/mol. The molecule has 162 valence electrons. The highest BCUT2D eigenvalue weighted by molar-refractivity contribution is 5.78. The molecule has 0 aliphatic carbocycles. The van der Waals surface area contributed by atoms with Crippen LogP contribution < -0.4 is 5.56 Å². The SMILES string of the molecule is O=C(Cn1nc(-c2ccc(F)cc2)ccc1=O)N1C[C@@H]2C[C@@H](C1)C1CCCC(=O)N1C2. The maximum atomic E-state index is 13.2. The molecular formula is C23H25FN4O3. The average molecular weight is 424 g/mol. The number of benzene rings is 1. The predicted molar refractivity (Wildman–Crippen MR) is 111 cm³/mol. The largest absolute Gasteiger partial charge is 0.340 e. The number of likely N-dealkylation sites (tertiary alicyclic amines) is 1. The number of carbonyl (C=O) groups excluding carboxylic acids is 2. The number of hydrogen-bond donors (Lipinski definition) is 0. The van der Waals surface area contributed by atoms with E-state index in [9.17, 15) is 18.8 Å². The lowest BCUT2D eigenvalue weighted by Gasteiger charge is -2.52. The molecule has 0 N–H and O–H groups in total. The van der Waals surface area contributed by atoms with Crippen LogP contribution in [0.25, 0.3) is 11.3 Å². The Labute approximate surface area is 179 Å². The Morgan fingerprint density at radius 1 is 1.06 bits per heavy atom. The van der Waals surface area contributed by atoms with Crippen molar-refractivity contribution in [3.8, 4) is 11.3 Å². The number of rotatable bonds is 3. The molecule has 1 unspecified atom stereocenters. The van der Waals surface area contributed by atoms with E-state index >= 15 is 0 Å². The van der Waals surface area contributed by atoms with Crippen LogP contribution in [-0.2, 0) is 16.1 Å². The third-order valence-corrected chi connectivity index (χ3v) is 6.82. The van der Waals surface area contributed by atoms with Crippen LogP contribution in [0, 0.1) is 17.7 Å². The van der Waals surface area contributed by atoms with Gasteiger partial charge in [0.1, 0.15) is 12.4 Å². The van der Waals surface area contributed by atoms with Crippen molar-refractivity contribution in [1.29, 1.82) is 0 Å². The van der Waals surface area contributed by atoms with Crippen molar-refractivity contribution in [2.45, 2.75) is 38.3 Å². The standard InChI is InChI=1S/C23H25FN4O3/c24-18-6-4-16(5-7-18)19-8-9-22(30)28(25-19)14-23(31)26-11-15-10-17(13-26)20-2-1-3-21(29)27(20)12-15/h4-9,15,17,20H,1-3,10-14H2/t15-,17-,20?/m0/s1. The Hall–Kier alpha value is -3.03. The van der Waals surface area contributed by atoms with Crippen LogP contribution in [0.4, 0.5) is 4.39 Å². The highest BCUT2D eigenvalue weighted by Crippen LogP contribution is 2.37. The molecule has 1 aromatic carbocycles. The van der Waals surface area contributed by atoms with Crippen LogP contribution in [0.15, 0.2) is 41.2 Å². The molecule has 2 bridgehead atoms. The molecule has 8 heteroatoms. The van der Waals surface area contributed by atoms with Gasteiger partial charge in [0.25, 0.3) is 5.56 Å². The molecule has 31 heavy (non-hydrogen) atoms. The van der Waals surface area contributed by atoms with Crippen molar-refractivity contribution < 1.29 is 14.0 Å². The second-order valence-corrected chi connectivity index (χ2v) is 8.89. The topological polar surface area (TPSA) is 75.5 Å². The molecule has 4 heterocycles. The highest BCUT2D eigenvalue weighted by Gasteiger charge is 2.44. The van der Waals surface area contributed by atoms with E-state index in [2.05, 4.69) is 5.10 Å². The summed E-state index contributed by atoms with van der Waals surface area (Å²) in [6, 6.07) is 9.06. The van der Waals surface area contributed by atoms with Crippen molar-refractivity contribution in [2.24, 2.45) is 11.8 Å². The van der Waals surface area contributed by atoms with Crippen LogP contribution in [-0.4, -0.2) is 57.1 Å². The molecule has 0 radical (unpaired) electrons. The summed E-state index contributed by atoms with van der Waals surface area (Å²) in [5.74, 6) is 0.364. The number of hydrogen-bond acceptors (Lipinski definition) is 4. The molecule has 3 aliphatic rings. The van der Waals surface area contributed by atoms with Gasteiger partial charge in [-0.05, 0) is 61.4 Å². The van der Waals surface area contributed by atoms with Crippen LogP contribution in [0.1, 0.15) is 25.7 Å². The molecule has 3 aliphatic heterocycles. The van der Waals surface area contributed by atoms with Gasteiger partial charge in [0.05, 0.1) is 5.69 Å². The zero-order valence-corrected chi connectivity index (χ0v) is 17.2. The van der Waals surface area contributed by atoms with Gasteiger partial charge in [0.2, 0.25) is 11.8 Å². The van der Waals surface area contributed by atoms with E-state index in [1.165, 1.54) is 22.9 Å². The summed E-state index contributed by atoms with van der Waals surface area (Å²) in [5.41, 5.74) is 0.844. The van der Waals surface area contributed by atoms with Gasteiger partial charge in [-0.1, -0.05) is 0 Å². The maximum absolute atomic E-state index is 13.2. The molecular weight excluding hydrogens is 399 g/mol. The van der Waals surface area contributed by atoms with E-state index in [-0.39, 0.29) is 41.7 Å². The molecule has 0 spiro atoms. The van der Waals surface area contributed by atoms with Gasteiger partial charge in [0.15, 0.2) is 0 Å². The van der Waals surface area contributed by atoms with Gasteiger partial charge in [0, 0.05) is 43.7 Å². The fourth-order valence-electron chi connectivity index (χ4n) is 5.38. The van der Waals surface area contributed by atoms with Crippen molar-refractivity contribution in [3.63, 3.8) is 0 Å². The van der Waals surface area contributed by atoms with Gasteiger partial charge >= 0.3 is 0 Å². The fourth-order valence-corrected chi connectivity index (χ4v) is 5.38. The number of nitrogens with zero attached hydrogens (tertiary/aromatic N) is 4. The van der Waals surface area contributed by atoms with Crippen LogP contribution >= 0.6 is 0 Å². The summed E-state index contributed by atoms with van der Waals surface area (Å²) < 4.78 is 14.4. The Bertz CT molecular complexity index is 1070. The number of halogens is 1. The molecule has 3 saturated heterocycles. The quantitative estimate of drug-likeness (QED) is 0.754. The molecule has 5 rings (SSSR count). The van der Waals surface area contributed by atoms with Crippen molar-refractivity contribution >= 4 is 11.8 Å². The first-order valence-corrected chi connectivity index (χ1v) is 10.9. The number of fused-ring (bicyclic) bond motifs is 4. The first-order chi connectivity index (χ1) is 15.0. The Balaban J connectivity index is 1.32. The lowest BCUT2D eigenvalue weighted by molar-refractivity contribution is -0.149. The average Bonchev–Trinajstić information content (AvgIpc) is 2.76. The molecule has 3 atom stereocenters. The summed E-state index contributed by atoms with van der Waals surface area (Å²) in [7, 11) is 0. The first-order valence-electron chi connectivity index (χ1n) is 10.9. The predicted octanol–water partition coefficient (Wildman–Crippen LogP) is 1.91. The van der Waals surface area contributed by atoms with Crippen molar-refractivity contribution in [2.75, 3.05) is 19.6 Å².